The van der Waals surface area contributed by atoms with Gasteiger partial charge in [0.15, 0.2) is 0 Å². The molecule has 0 aliphatic carbocycles. The monoisotopic (exact) mass is 216 g/mol. The molecule has 0 bridgehead atoms. The average molecular weight is 216 g/mol. The van der Waals surface area contributed by atoms with Crippen LogP contribution in [0.15, 0.2) is 41.3 Å². The van der Waals surface area contributed by atoms with E-state index in [1.165, 1.54) is 5.56 Å². The highest BCUT2D eigenvalue weighted by Gasteiger charge is 2.09. The Morgan fingerprint density at radius 2 is 2.31 bits per heavy atom. The molecular weight excluding hydrogens is 200 g/mol. The number of hydrogen-bond acceptors (Lipinski definition) is 3. The Hall–Kier alpha value is -1.77. The van der Waals surface area contributed by atoms with Gasteiger partial charge in [0.25, 0.3) is 0 Å². The Bertz CT molecular complexity index is 437. The topological polar surface area (TPSA) is 38.1 Å². The second kappa shape index (κ2) is 4.84. The molecule has 16 heavy (non-hydrogen) atoms. The minimum Gasteiger partial charge on any atom is -0.472 e. The standard InChI is InChI=1S/C13H16N2O/c1-3-11-5-4-7-14-13(11)15-10(2)12-6-8-16-9-12/h4-10H,3H2,1-2H3,(H,14,15). The van der Waals surface area contributed by atoms with Crippen LogP contribution in [0.3, 0.4) is 0 Å². The summed E-state index contributed by atoms with van der Waals surface area (Å²) < 4.78 is 5.07. The second-order valence-electron chi connectivity index (χ2n) is 3.79. The van der Waals surface area contributed by atoms with Crippen molar-refractivity contribution in [2.45, 2.75) is 26.3 Å². The zero-order valence-corrected chi connectivity index (χ0v) is 9.60. The van der Waals surface area contributed by atoms with Gasteiger partial charge in [-0.25, -0.2) is 4.98 Å². The van der Waals surface area contributed by atoms with Crippen molar-refractivity contribution in [2.24, 2.45) is 0 Å². The summed E-state index contributed by atoms with van der Waals surface area (Å²) >= 11 is 0. The molecule has 0 saturated heterocycles. The van der Waals surface area contributed by atoms with Crippen LogP contribution in [-0.4, -0.2) is 4.98 Å². The first-order valence-corrected chi connectivity index (χ1v) is 5.53. The van der Waals surface area contributed by atoms with Gasteiger partial charge in [0.2, 0.25) is 0 Å². The molecule has 2 heterocycles. The predicted octanol–water partition coefficient (Wildman–Crippen LogP) is 3.41. The molecule has 1 N–H and O–H groups in total. The van der Waals surface area contributed by atoms with E-state index in [0.29, 0.717) is 0 Å². The fourth-order valence-corrected chi connectivity index (χ4v) is 1.66. The van der Waals surface area contributed by atoms with E-state index in [0.717, 1.165) is 17.8 Å². The molecule has 0 aliphatic rings. The summed E-state index contributed by atoms with van der Waals surface area (Å²) in [7, 11) is 0. The Morgan fingerprint density at radius 3 is 3.00 bits per heavy atom. The van der Waals surface area contributed by atoms with Gasteiger partial charge in [-0.1, -0.05) is 13.0 Å². The van der Waals surface area contributed by atoms with E-state index < -0.39 is 0 Å². The predicted molar refractivity (Wildman–Crippen MR) is 64.4 cm³/mol. The van der Waals surface area contributed by atoms with Gasteiger partial charge in [0, 0.05) is 11.8 Å². The van der Waals surface area contributed by atoms with Gasteiger partial charge in [-0.05, 0) is 31.0 Å². The first-order valence-electron chi connectivity index (χ1n) is 5.53. The van der Waals surface area contributed by atoms with Crippen LogP contribution >= 0.6 is 0 Å². The molecule has 0 aromatic carbocycles. The van der Waals surface area contributed by atoms with Gasteiger partial charge in [-0.3, -0.25) is 0 Å². The van der Waals surface area contributed by atoms with Crippen molar-refractivity contribution in [1.29, 1.82) is 0 Å². The second-order valence-corrected chi connectivity index (χ2v) is 3.79. The number of furan rings is 1. The molecular formula is C13H16N2O. The minimum atomic E-state index is 0.207. The Balaban J connectivity index is 2.14. The summed E-state index contributed by atoms with van der Waals surface area (Å²) in [5.41, 5.74) is 2.37. The van der Waals surface area contributed by atoms with Crippen molar-refractivity contribution in [2.75, 3.05) is 5.32 Å². The number of nitrogens with zero attached hydrogens (tertiary/aromatic N) is 1. The number of anilines is 1. The molecule has 0 saturated carbocycles. The van der Waals surface area contributed by atoms with Crippen molar-refractivity contribution in [1.82, 2.24) is 4.98 Å². The number of aryl methyl sites for hydroxylation is 1. The third-order valence-corrected chi connectivity index (χ3v) is 2.67. The Kier molecular flexibility index (Phi) is 3.25. The lowest BCUT2D eigenvalue weighted by Crippen LogP contribution is -2.08. The first kappa shape index (κ1) is 10.7. The van der Waals surface area contributed by atoms with Crippen LogP contribution in [0, 0.1) is 0 Å². The van der Waals surface area contributed by atoms with Crippen LogP contribution in [0.1, 0.15) is 31.0 Å². The molecule has 2 rings (SSSR count). The fourth-order valence-electron chi connectivity index (χ4n) is 1.66. The number of hydrogen-bond donors (Lipinski definition) is 1. The van der Waals surface area contributed by atoms with Crippen LogP contribution in [0.4, 0.5) is 5.82 Å². The van der Waals surface area contributed by atoms with E-state index in [2.05, 4.69) is 30.2 Å². The SMILES string of the molecule is CCc1cccnc1NC(C)c1ccoc1. The maximum atomic E-state index is 5.07. The van der Waals surface area contributed by atoms with E-state index in [9.17, 15) is 0 Å². The minimum absolute atomic E-state index is 0.207. The van der Waals surface area contributed by atoms with Crippen LogP contribution in [0.5, 0.6) is 0 Å². The Labute approximate surface area is 95.5 Å². The maximum Gasteiger partial charge on any atom is 0.129 e. The highest BCUT2D eigenvalue weighted by molar-refractivity contribution is 5.45. The van der Waals surface area contributed by atoms with E-state index in [4.69, 9.17) is 4.42 Å². The molecule has 3 heteroatoms. The van der Waals surface area contributed by atoms with Gasteiger partial charge < -0.3 is 9.73 Å². The highest BCUT2D eigenvalue weighted by Crippen LogP contribution is 2.20. The summed E-state index contributed by atoms with van der Waals surface area (Å²) in [6.45, 7) is 4.23. The molecule has 2 aromatic rings. The van der Waals surface area contributed by atoms with Crippen molar-refractivity contribution >= 4 is 5.82 Å². The third kappa shape index (κ3) is 2.24. The maximum absolute atomic E-state index is 5.07. The van der Waals surface area contributed by atoms with Crippen molar-refractivity contribution in [3.63, 3.8) is 0 Å². The lowest BCUT2D eigenvalue weighted by Gasteiger charge is -2.15. The van der Waals surface area contributed by atoms with Gasteiger partial charge in [0.05, 0.1) is 18.6 Å². The smallest absolute Gasteiger partial charge is 0.129 e. The molecule has 0 radical (unpaired) electrons. The summed E-state index contributed by atoms with van der Waals surface area (Å²) in [6, 6.07) is 6.23. The van der Waals surface area contributed by atoms with Crippen molar-refractivity contribution in [3.8, 4) is 0 Å². The first-order chi connectivity index (χ1) is 7.81. The summed E-state index contributed by atoms with van der Waals surface area (Å²) in [6.07, 6.45) is 6.23. The quantitative estimate of drug-likeness (QED) is 0.851. The highest BCUT2D eigenvalue weighted by atomic mass is 16.3. The molecule has 0 fully saturated rings. The van der Waals surface area contributed by atoms with Crippen molar-refractivity contribution < 1.29 is 4.42 Å². The number of rotatable bonds is 4. The molecule has 2 aromatic heterocycles. The number of pyridine rings is 1. The van der Waals surface area contributed by atoms with Gasteiger partial charge in [0.1, 0.15) is 5.82 Å². The summed E-state index contributed by atoms with van der Waals surface area (Å²) in [5, 5.41) is 3.39. The number of nitrogens with one attached hydrogen (secondary N) is 1. The summed E-state index contributed by atoms with van der Waals surface area (Å²) in [5.74, 6) is 0.957. The molecule has 0 amide bonds. The van der Waals surface area contributed by atoms with E-state index in [-0.39, 0.29) is 6.04 Å². The molecule has 1 unspecified atom stereocenters. The van der Waals surface area contributed by atoms with Gasteiger partial charge in [-0.15, -0.1) is 0 Å². The van der Waals surface area contributed by atoms with Crippen LogP contribution in [0.25, 0.3) is 0 Å². The zero-order valence-electron chi connectivity index (χ0n) is 9.60. The zero-order chi connectivity index (χ0) is 11.4. The molecule has 84 valence electrons. The fraction of sp³-hybridized carbons (Fsp3) is 0.308. The lowest BCUT2D eigenvalue weighted by molar-refractivity contribution is 0.562. The van der Waals surface area contributed by atoms with Crippen LogP contribution in [0.2, 0.25) is 0 Å². The van der Waals surface area contributed by atoms with E-state index >= 15 is 0 Å². The molecule has 0 aliphatic heterocycles. The average Bonchev–Trinajstić information content (AvgIpc) is 2.83. The lowest BCUT2D eigenvalue weighted by atomic mass is 10.1. The van der Waals surface area contributed by atoms with Gasteiger partial charge >= 0.3 is 0 Å². The van der Waals surface area contributed by atoms with Gasteiger partial charge in [-0.2, -0.15) is 0 Å². The van der Waals surface area contributed by atoms with E-state index in [1.807, 2.05) is 18.3 Å². The van der Waals surface area contributed by atoms with E-state index in [1.54, 1.807) is 12.5 Å². The third-order valence-electron chi connectivity index (χ3n) is 2.67. The van der Waals surface area contributed by atoms with Crippen molar-refractivity contribution in [3.05, 3.63) is 48.0 Å². The van der Waals surface area contributed by atoms with Crippen LogP contribution in [-0.2, 0) is 6.42 Å². The molecule has 0 spiro atoms. The molecule has 1 atom stereocenters. The Morgan fingerprint density at radius 1 is 1.44 bits per heavy atom. The molecule has 3 nitrogen and oxygen atoms in total. The normalized spacial score (nSPS) is 12.4. The summed E-state index contributed by atoms with van der Waals surface area (Å²) in [4.78, 5) is 4.36. The largest absolute Gasteiger partial charge is 0.472 e. The number of aromatic nitrogens is 1. The van der Waals surface area contributed by atoms with Crippen LogP contribution < -0.4 is 5.32 Å².